The maximum Gasteiger partial charge on any atom is 0.261 e. The van der Waals surface area contributed by atoms with Gasteiger partial charge in [-0.2, -0.15) is 0 Å². The zero-order chi connectivity index (χ0) is 15.1. The van der Waals surface area contributed by atoms with Crippen molar-refractivity contribution in [2.45, 2.75) is 25.4 Å². The Morgan fingerprint density at radius 2 is 2.27 bits per heavy atom. The van der Waals surface area contributed by atoms with Crippen molar-refractivity contribution in [1.82, 2.24) is 19.4 Å². The summed E-state index contributed by atoms with van der Waals surface area (Å²) in [7, 11) is 0. The molecule has 0 saturated carbocycles. The number of aromatic nitrogens is 3. The molecule has 2 aromatic heterocycles. The van der Waals surface area contributed by atoms with Crippen molar-refractivity contribution < 1.29 is 5.11 Å². The van der Waals surface area contributed by atoms with Crippen LogP contribution in [-0.4, -0.2) is 38.9 Å². The van der Waals surface area contributed by atoms with Gasteiger partial charge in [0.1, 0.15) is 5.82 Å². The number of nitrogens with one attached hydrogen (secondary N) is 1. The Kier molecular flexibility index (Phi) is 3.35. The average Bonchev–Trinajstić information content (AvgIpc) is 2.97. The number of fused-ring (bicyclic) bond motifs is 4. The molecule has 0 aliphatic carbocycles. The minimum Gasteiger partial charge on any atom is -0.395 e. The van der Waals surface area contributed by atoms with Crippen molar-refractivity contribution in [2.75, 3.05) is 19.7 Å². The number of imidazole rings is 1. The SMILES string of the molecule is O=c1c(-c2nccn2CCO)ccc2n1C[C@@H]1CNC[C@H]2C1. The molecule has 0 radical (unpaired) electrons. The van der Waals surface area contributed by atoms with Crippen LogP contribution in [0, 0.1) is 5.92 Å². The second-order valence-corrected chi connectivity index (χ2v) is 6.21. The van der Waals surface area contributed by atoms with Gasteiger partial charge >= 0.3 is 0 Å². The second-order valence-electron chi connectivity index (χ2n) is 6.21. The van der Waals surface area contributed by atoms with Gasteiger partial charge in [0, 0.05) is 43.6 Å². The van der Waals surface area contributed by atoms with E-state index in [1.807, 2.05) is 15.2 Å². The normalized spacial score (nSPS) is 23.3. The Balaban J connectivity index is 1.81. The lowest BCUT2D eigenvalue weighted by Gasteiger charge is -2.37. The van der Waals surface area contributed by atoms with Crippen LogP contribution in [0.2, 0.25) is 0 Å². The third-order valence-electron chi connectivity index (χ3n) is 4.81. The number of rotatable bonds is 3. The van der Waals surface area contributed by atoms with E-state index in [0.717, 1.165) is 25.3 Å². The van der Waals surface area contributed by atoms with Gasteiger partial charge in [-0.05, 0) is 31.0 Å². The molecule has 2 atom stereocenters. The van der Waals surface area contributed by atoms with Gasteiger partial charge in [0.2, 0.25) is 0 Å². The van der Waals surface area contributed by atoms with Gasteiger partial charge in [0.25, 0.3) is 5.56 Å². The van der Waals surface area contributed by atoms with Crippen LogP contribution in [0.4, 0.5) is 0 Å². The third kappa shape index (κ3) is 2.10. The van der Waals surface area contributed by atoms with Gasteiger partial charge in [-0.25, -0.2) is 4.98 Å². The van der Waals surface area contributed by atoms with Crippen molar-refractivity contribution in [2.24, 2.45) is 5.92 Å². The van der Waals surface area contributed by atoms with Gasteiger partial charge in [0.05, 0.1) is 12.2 Å². The van der Waals surface area contributed by atoms with E-state index in [9.17, 15) is 4.79 Å². The van der Waals surface area contributed by atoms with Crippen LogP contribution in [0.15, 0.2) is 29.3 Å². The van der Waals surface area contributed by atoms with E-state index in [-0.39, 0.29) is 12.2 Å². The third-order valence-corrected chi connectivity index (χ3v) is 4.81. The Morgan fingerprint density at radius 3 is 3.14 bits per heavy atom. The van der Waals surface area contributed by atoms with Crippen molar-refractivity contribution in [3.8, 4) is 11.4 Å². The number of piperidine rings is 1. The standard InChI is InChI=1S/C16H20N4O2/c21-6-5-19-4-3-18-15(19)13-1-2-14-12-7-11(8-17-9-12)10-20(14)16(13)22/h1-4,11-12,17,21H,5-10H2/t11-,12+/m0/s1. The minimum atomic E-state index is 0.0332. The van der Waals surface area contributed by atoms with E-state index in [1.54, 1.807) is 12.4 Å². The quantitative estimate of drug-likeness (QED) is 0.861. The summed E-state index contributed by atoms with van der Waals surface area (Å²) in [5.74, 6) is 1.62. The molecule has 6 heteroatoms. The van der Waals surface area contributed by atoms with Crippen LogP contribution < -0.4 is 10.9 Å². The molecular formula is C16H20N4O2. The molecule has 4 rings (SSSR count). The highest BCUT2D eigenvalue weighted by molar-refractivity contribution is 5.54. The first-order valence-corrected chi connectivity index (χ1v) is 7.84. The van der Waals surface area contributed by atoms with Gasteiger partial charge < -0.3 is 19.6 Å². The molecule has 0 amide bonds. The lowest BCUT2D eigenvalue weighted by molar-refractivity contribution is 0.257. The molecule has 1 fully saturated rings. The molecule has 22 heavy (non-hydrogen) atoms. The van der Waals surface area contributed by atoms with Gasteiger partial charge in [-0.1, -0.05) is 0 Å². The fourth-order valence-electron chi connectivity index (χ4n) is 3.80. The highest BCUT2D eigenvalue weighted by atomic mass is 16.3. The van der Waals surface area contributed by atoms with E-state index >= 15 is 0 Å². The lowest BCUT2D eigenvalue weighted by Crippen LogP contribution is -2.45. The number of aliphatic hydroxyl groups is 1. The molecule has 2 bridgehead atoms. The Morgan fingerprint density at radius 1 is 1.36 bits per heavy atom. The molecule has 1 saturated heterocycles. The molecule has 2 N–H and O–H groups in total. The summed E-state index contributed by atoms with van der Waals surface area (Å²) < 4.78 is 3.77. The first kappa shape index (κ1) is 13.7. The Bertz CT molecular complexity index is 749. The number of pyridine rings is 1. The molecule has 0 aromatic carbocycles. The number of aliphatic hydroxyl groups excluding tert-OH is 1. The maximum atomic E-state index is 12.9. The summed E-state index contributed by atoms with van der Waals surface area (Å²) in [6, 6.07) is 3.96. The van der Waals surface area contributed by atoms with Gasteiger partial charge in [-0.3, -0.25) is 4.79 Å². The molecule has 2 aromatic rings. The summed E-state index contributed by atoms with van der Waals surface area (Å²) in [6.07, 6.45) is 4.64. The number of hydrogen-bond acceptors (Lipinski definition) is 4. The van der Waals surface area contributed by atoms with Crippen LogP contribution in [-0.2, 0) is 13.1 Å². The van der Waals surface area contributed by atoms with Crippen LogP contribution in [0.1, 0.15) is 18.0 Å². The van der Waals surface area contributed by atoms with Crippen LogP contribution >= 0.6 is 0 Å². The minimum absolute atomic E-state index is 0.0332. The fourth-order valence-corrected chi connectivity index (χ4v) is 3.80. The molecular weight excluding hydrogens is 280 g/mol. The van der Waals surface area contributed by atoms with Crippen molar-refractivity contribution in [3.63, 3.8) is 0 Å². The Labute approximate surface area is 128 Å². The van der Waals surface area contributed by atoms with Crippen molar-refractivity contribution in [1.29, 1.82) is 0 Å². The molecule has 0 unspecified atom stereocenters. The zero-order valence-corrected chi connectivity index (χ0v) is 12.4. The average molecular weight is 300 g/mol. The zero-order valence-electron chi connectivity index (χ0n) is 12.4. The summed E-state index contributed by atoms with van der Waals surface area (Å²) in [6.45, 7) is 3.21. The smallest absolute Gasteiger partial charge is 0.261 e. The topological polar surface area (TPSA) is 72.1 Å². The summed E-state index contributed by atoms with van der Waals surface area (Å²) in [5.41, 5.74) is 1.80. The molecule has 2 aliphatic heterocycles. The Hall–Kier alpha value is -1.92. The lowest BCUT2D eigenvalue weighted by atomic mass is 9.84. The van der Waals surface area contributed by atoms with Crippen LogP contribution in [0.25, 0.3) is 11.4 Å². The first-order chi connectivity index (χ1) is 10.8. The predicted octanol–water partition coefficient (Wildman–Crippen LogP) is 0.411. The molecule has 2 aliphatic rings. The number of nitrogens with zero attached hydrogens (tertiary/aromatic N) is 3. The first-order valence-electron chi connectivity index (χ1n) is 7.84. The highest BCUT2D eigenvalue weighted by Gasteiger charge is 2.31. The molecule has 4 heterocycles. The fraction of sp³-hybridized carbons (Fsp3) is 0.500. The van der Waals surface area contributed by atoms with Crippen LogP contribution in [0.5, 0.6) is 0 Å². The molecule has 6 nitrogen and oxygen atoms in total. The van der Waals surface area contributed by atoms with E-state index in [4.69, 9.17) is 5.11 Å². The summed E-state index contributed by atoms with van der Waals surface area (Å²) in [5, 5.41) is 12.6. The van der Waals surface area contributed by atoms with Gasteiger partial charge in [0.15, 0.2) is 0 Å². The summed E-state index contributed by atoms with van der Waals surface area (Å²) in [4.78, 5) is 17.2. The molecule has 116 valence electrons. The van der Waals surface area contributed by atoms with E-state index in [1.165, 1.54) is 6.42 Å². The van der Waals surface area contributed by atoms with Crippen molar-refractivity contribution in [3.05, 3.63) is 40.6 Å². The van der Waals surface area contributed by atoms with Gasteiger partial charge in [-0.15, -0.1) is 0 Å². The monoisotopic (exact) mass is 300 g/mol. The maximum absolute atomic E-state index is 12.9. The summed E-state index contributed by atoms with van der Waals surface area (Å²) >= 11 is 0. The van der Waals surface area contributed by atoms with E-state index < -0.39 is 0 Å². The predicted molar refractivity (Wildman–Crippen MR) is 82.7 cm³/mol. The highest BCUT2D eigenvalue weighted by Crippen LogP contribution is 2.32. The van der Waals surface area contributed by atoms with Crippen molar-refractivity contribution >= 4 is 0 Å². The number of hydrogen-bond donors (Lipinski definition) is 2. The van der Waals surface area contributed by atoms with E-state index in [2.05, 4.69) is 16.4 Å². The largest absolute Gasteiger partial charge is 0.395 e. The van der Waals surface area contributed by atoms with Crippen LogP contribution in [0.3, 0.4) is 0 Å². The van der Waals surface area contributed by atoms with E-state index in [0.29, 0.717) is 29.8 Å². The second kappa shape index (κ2) is 5.37. The molecule has 0 spiro atoms.